The maximum Gasteiger partial charge on any atom is 0.411 e. The average molecular weight is 605 g/mol. The van der Waals surface area contributed by atoms with Crippen LogP contribution < -0.4 is 16.0 Å². The molecule has 0 aliphatic carbocycles. The number of para-hydroxylation sites is 1. The van der Waals surface area contributed by atoms with Gasteiger partial charge in [0.25, 0.3) is 0 Å². The molecule has 5 rings (SSSR count). The smallest absolute Gasteiger partial charge is 0.411 e. The first-order valence-electron chi connectivity index (χ1n) is 16.2. The normalized spacial score (nSPS) is 22.0. The summed E-state index contributed by atoms with van der Waals surface area (Å²) in [6.07, 6.45) is 3.03. The van der Waals surface area contributed by atoms with E-state index in [-0.39, 0.29) is 23.8 Å². The molecule has 0 radical (unpaired) electrons. The van der Waals surface area contributed by atoms with Gasteiger partial charge in [-0.25, -0.2) is 4.79 Å². The van der Waals surface area contributed by atoms with E-state index in [1.807, 2.05) is 59.5 Å². The lowest BCUT2D eigenvalue weighted by molar-refractivity contribution is -0.130. The third-order valence-electron chi connectivity index (χ3n) is 9.20. The highest BCUT2D eigenvalue weighted by Crippen LogP contribution is 2.28. The first-order valence-corrected chi connectivity index (χ1v) is 16.2. The van der Waals surface area contributed by atoms with Crippen molar-refractivity contribution < 1.29 is 19.1 Å². The summed E-state index contributed by atoms with van der Waals surface area (Å²) in [7, 11) is 0. The second-order valence-electron chi connectivity index (χ2n) is 12.3. The Labute approximate surface area is 261 Å². The van der Waals surface area contributed by atoms with Crippen LogP contribution in [0, 0.1) is 5.92 Å². The third-order valence-corrected chi connectivity index (χ3v) is 9.20. The number of carbonyl (C=O) groups is 3. The molecule has 3 heterocycles. The lowest BCUT2D eigenvalue weighted by Crippen LogP contribution is -2.52. The van der Waals surface area contributed by atoms with E-state index in [2.05, 4.69) is 25.8 Å². The van der Waals surface area contributed by atoms with Gasteiger partial charge in [0, 0.05) is 71.4 Å². The minimum Gasteiger partial charge on any atom is -0.446 e. The van der Waals surface area contributed by atoms with E-state index in [4.69, 9.17) is 4.74 Å². The number of piperazine rings is 1. The standard InChI is InChI=1S/C34H48N6O4/c1-26(41)40-21-19-39(20-22-40)25-27-11-12-32(36-23-27)33(42)24-35-15-18-38-16-13-29(14-17-38)44-34(43)37-31-10-6-5-9-30(31)28-7-3-2-4-8-28/h2-10,27,29,32,35-36H,11-25H2,1H3,(H,37,43). The van der Waals surface area contributed by atoms with Gasteiger partial charge in [-0.1, -0.05) is 48.5 Å². The number of Topliss-reactive ketones (excluding diaryl/α,β-unsaturated/α-hetero) is 1. The highest BCUT2D eigenvalue weighted by atomic mass is 16.6. The number of likely N-dealkylation sites (tertiary alicyclic amines) is 1. The van der Waals surface area contributed by atoms with Crippen molar-refractivity contribution in [1.82, 2.24) is 25.3 Å². The van der Waals surface area contributed by atoms with Gasteiger partial charge in [-0.15, -0.1) is 0 Å². The van der Waals surface area contributed by atoms with Crippen LogP contribution in [0.25, 0.3) is 11.1 Å². The van der Waals surface area contributed by atoms with Crippen molar-refractivity contribution in [2.24, 2.45) is 5.92 Å². The molecule has 10 heteroatoms. The van der Waals surface area contributed by atoms with Crippen LogP contribution in [-0.4, -0.2) is 117 Å². The predicted molar refractivity (Wildman–Crippen MR) is 173 cm³/mol. The Bertz CT molecular complexity index is 1220. The van der Waals surface area contributed by atoms with Crippen LogP contribution in [0.3, 0.4) is 0 Å². The molecule has 0 bridgehead atoms. The largest absolute Gasteiger partial charge is 0.446 e. The molecule has 2 unspecified atom stereocenters. The number of anilines is 1. The summed E-state index contributed by atoms with van der Waals surface area (Å²) in [6, 6.07) is 17.7. The maximum atomic E-state index is 12.8. The van der Waals surface area contributed by atoms with Gasteiger partial charge in [-0.05, 0) is 49.8 Å². The molecule has 2 aromatic rings. The van der Waals surface area contributed by atoms with Gasteiger partial charge in [0.15, 0.2) is 5.78 Å². The van der Waals surface area contributed by atoms with Crippen molar-refractivity contribution in [1.29, 1.82) is 0 Å². The van der Waals surface area contributed by atoms with Gasteiger partial charge in [-0.2, -0.15) is 0 Å². The van der Waals surface area contributed by atoms with E-state index in [1.165, 1.54) is 0 Å². The Morgan fingerprint density at radius 2 is 1.59 bits per heavy atom. The van der Waals surface area contributed by atoms with Crippen molar-refractivity contribution in [3.05, 3.63) is 54.6 Å². The molecule has 3 fully saturated rings. The molecule has 2 atom stereocenters. The van der Waals surface area contributed by atoms with E-state index < -0.39 is 6.09 Å². The zero-order valence-electron chi connectivity index (χ0n) is 26.0. The van der Waals surface area contributed by atoms with Gasteiger partial charge in [0.1, 0.15) is 6.10 Å². The number of hydrogen-bond acceptors (Lipinski definition) is 8. The summed E-state index contributed by atoms with van der Waals surface area (Å²) >= 11 is 0. The molecule has 3 saturated heterocycles. The Kier molecular flexibility index (Phi) is 11.8. The summed E-state index contributed by atoms with van der Waals surface area (Å²) in [5.74, 6) is 0.960. The Balaban J connectivity index is 0.921. The van der Waals surface area contributed by atoms with Crippen LogP contribution >= 0.6 is 0 Å². The number of amides is 2. The molecule has 0 spiro atoms. The fraction of sp³-hybridized carbons (Fsp3) is 0.559. The Morgan fingerprint density at radius 1 is 0.864 bits per heavy atom. The highest BCUT2D eigenvalue weighted by Gasteiger charge is 2.28. The number of ether oxygens (including phenoxy) is 1. The number of hydrogen-bond donors (Lipinski definition) is 3. The number of nitrogens with zero attached hydrogens (tertiary/aromatic N) is 3. The summed E-state index contributed by atoms with van der Waals surface area (Å²) in [4.78, 5) is 43.7. The quantitative estimate of drug-likeness (QED) is 0.336. The minimum atomic E-state index is -0.415. The number of nitrogens with one attached hydrogen (secondary N) is 3. The molecule has 10 nitrogen and oxygen atoms in total. The second-order valence-corrected chi connectivity index (χ2v) is 12.3. The molecule has 2 amide bonds. The van der Waals surface area contributed by atoms with Gasteiger partial charge in [0.05, 0.1) is 18.3 Å². The fourth-order valence-corrected chi connectivity index (χ4v) is 6.53. The first-order chi connectivity index (χ1) is 21.4. The average Bonchev–Trinajstić information content (AvgIpc) is 3.05. The molecule has 3 aliphatic rings. The SMILES string of the molecule is CC(=O)N1CCN(CC2CCC(C(=O)CNCCN3CCC(OC(=O)Nc4ccccc4-c4ccccc4)CC3)NC2)CC1. The zero-order valence-corrected chi connectivity index (χ0v) is 26.0. The van der Waals surface area contributed by atoms with E-state index in [9.17, 15) is 14.4 Å². The summed E-state index contributed by atoms with van der Waals surface area (Å²) in [6.45, 7) is 10.8. The summed E-state index contributed by atoms with van der Waals surface area (Å²) < 4.78 is 5.76. The summed E-state index contributed by atoms with van der Waals surface area (Å²) in [5, 5.41) is 9.76. The molecular weight excluding hydrogens is 556 g/mol. The van der Waals surface area contributed by atoms with Crippen LogP contribution in [0.5, 0.6) is 0 Å². The van der Waals surface area contributed by atoms with Crippen molar-refractivity contribution in [2.45, 2.75) is 44.8 Å². The third kappa shape index (κ3) is 9.34. The lowest BCUT2D eigenvalue weighted by atomic mass is 9.92. The molecule has 44 heavy (non-hydrogen) atoms. The van der Waals surface area contributed by atoms with Gasteiger partial charge >= 0.3 is 6.09 Å². The molecule has 3 N–H and O–H groups in total. The van der Waals surface area contributed by atoms with Crippen LogP contribution in [-0.2, 0) is 14.3 Å². The number of rotatable bonds is 11. The molecule has 2 aromatic carbocycles. The van der Waals surface area contributed by atoms with Crippen LogP contribution in [0.15, 0.2) is 54.6 Å². The van der Waals surface area contributed by atoms with Crippen molar-refractivity contribution in [3.63, 3.8) is 0 Å². The fourth-order valence-electron chi connectivity index (χ4n) is 6.53. The number of piperidine rings is 2. The van der Waals surface area contributed by atoms with E-state index in [1.54, 1.807) is 6.92 Å². The van der Waals surface area contributed by atoms with Crippen LogP contribution in [0.1, 0.15) is 32.6 Å². The number of ketones is 1. The summed E-state index contributed by atoms with van der Waals surface area (Å²) in [5.41, 5.74) is 2.75. The Morgan fingerprint density at radius 3 is 2.30 bits per heavy atom. The zero-order chi connectivity index (χ0) is 30.7. The molecule has 3 aliphatic heterocycles. The second kappa shape index (κ2) is 16.1. The predicted octanol–water partition coefficient (Wildman–Crippen LogP) is 3.06. The van der Waals surface area contributed by atoms with E-state index >= 15 is 0 Å². The Hall–Kier alpha value is -3.31. The topological polar surface area (TPSA) is 106 Å². The maximum absolute atomic E-state index is 12.8. The van der Waals surface area contributed by atoms with Crippen LogP contribution in [0.2, 0.25) is 0 Å². The van der Waals surface area contributed by atoms with Crippen molar-refractivity contribution >= 4 is 23.5 Å². The number of carbonyl (C=O) groups excluding carboxylic acids is 3. The van der Waals surface area contributed by atoms with Crippen LogP contribution in [0.4, 0.5) is 10.5 Å². The van der Waals surface area contributed by atoms with Gasteiger partial charge in [0.2, 0.25) is 5.91 Å². The minimum absolute atomic E-state index is 0.0630. The number of benzene rings is 2. The van der Waals surface area contributed by atoms with Crippen molar-refractivity contribution in [3.8, 4) is 11.1 Å². The van der Waals surface area contributed by atoms with Crippen molar-refractivity contribution in [2.75, 3.05) is 77.3 Å². The molecule has 238 valence electrons. The van der Waals surface area contributed by atoms with Gasteiger partial charge < -0.3 is 25.2 Å². The molecular formula is C34H48N6O4. The van der Waals surface area contributed by atoms with E-state index in [0.717, 1.165) is 108 Å². The lowest BCUT2D eigenvalue weighted by Gasteiger charge is -2.38. The first kappa shape index (κ1) is 32.1. The monoisotopic (exact) mass is 604 g/mol. The molecule has 0 saturated carbocycles. The van der Waals surface area contributed by atoms with Gasteiger partial charge in [-0.3, -0.25) is 19.8 Å². The molecule has 0 aromatic heterocycles. The van der Waals surface area contributed by atoms with E-state index in [0.29, 0.717) is 12.5 Å². The highest BCUT2D eigenvalue weighted by molar-refractivity contribution is 5.91.